The summed E-state index contributed by atoms with van der Waals surface area (Å²) in [5.74, 6) is -0.0240. The van der Waals surface area contributed by atoms with Crippen LogP contribution in [0.1, 0.15) is 30.7 Å². The van der Waals surface area contributed by atoms with Gasteiger partial charge >= 0.3 is 0 Å². The smallest absolute Gasteiger partial charge is 0.248 e. The highest BCUT2D eigenvalue weighted by molar-refractivity contribution is 5.76. The Bertz CT molecular complexity index is 552. The van der Waals surface area contributed by atoms with Gasteiger partial charge in [0.25, 0.3) is 0 Å². The molecule has 1 fully saturated rings. The van der Waals surface area contributed by atoms with Crippen molar-refractivity contribution in [1.29, 1.82) is 0 Å². The number of carbonyl (C=O) groups is 1. The SMILES string of the molecule is CN(C)C(=O)COCc1ncn2c1CN(C1CCOCC1)CCC2. The van der Waals surface area contributed by atoms with Crippen LogP contribution in [0.25, 0.3) is 0 Å². The minimum absolute atomic E-state index is 0.0240. The van der Waals surface area contributed by atoms with Crippen LogP contribution in [0.3, 0.4) is 0 Å². The lowest BCUT2D eigenvalue weighted by molar-refractivity contribution is -0.134. The standard InChI is InChI=1S/C17H28N4O3/c1-19(2)17(22)12-24-11-15-16-10-20(14-4-8-23-9-5-14)6-3-7-21(16)13-18-15/h13-14H,3-12H2,1-2H3. The third kappa shape index (κ3) is 4.15. The van der Waals surface area contributed by atoms with Crippen molar-refractivity contribution in [3.05, 3.63) is 17.7 Å². The Hall–Kier alpha value is -1.44. The van der Waals surface area contributed by atoms with E-state index in [2.05, 4.69) is 14.5 Å². The zero-order valence-electron chi connectivity index (χ0n) is 14.7. The molecule has 0 bridgehead atoms. The fourth-order valence-corrected chi connectivity index (χ4v) is 3.39. The summed E-state index contributed by atoms with van der Waals surface area (Å²) in [5, 5.41) is 0. The maximum atomic E-state index is 11.6. The fourth-order valence-electron chi connectivity index (χ4n) is 3.39. The highest BCUT2D eigenvalue weighted by Crippen LogP contribution is 2.22. The van der Waals surface area contributed by atoms with Crippen molar-refractivity contribution < 1.29 is 14.3 Å². The largest absolute Gasteiger partial charge is 0.381 e. The first kappa shape index (κ1) is 17.4. The van der Waals surface area contributed by atoms with Crippen LogP contribution >= 0.6 is 0 Å². The maximum Gasteiger partial charge on any atom is 0.248 e. The van der Waals surface area contributed by atoms with E-state index in [0.717, 1.165) is 57.8 Å². The van der Waals surface area contributed by atoms with Crippen LogP contribution in [0, 0.1) is 0 Å². The van der Waals surface area contributed by atoms with Gasteiger partial charge in [0.05, 0.1) is 24.3 Å². The number of aryl methyl sites for hydroxylation is 1. The van der Waals surface area contributed by atoms with Crippen LogP contribution in [-0.2, 0) is 34.0 Å². The number of ether oxygens (including phenoxy) is 2. The number of hydrogen-bond donors (Lipinski definition) is 0. The number of hydrogen-bond acceptors (Lipinski definition) is 5. The quantitative estimate of drug-likeness (QED) is 0.799. The van der Waals surface area contributed by atoms with Crippen LogP contribution in [-0.4, -0.2) is 71.8 Å². The Labute approximate surface area is 143 Å². The average Bonchev–Trinajstić information content (AvgIpc) is 2.84. The molecule has 0 unspecified atom stereocenters. The van der Waals surface area contributed by atoms with Gasteiger partial charge in [-0.1, -0.05) is 0 Å². The minimum Gasteiger partial charge on any atom is -0.381 e. The molecule has 7 nitrogen and oxygen atoms in total. The van der Waals surface area contributed by atoms with E-state index in [4.69, 9.17) is 9.47 Å². The summed E-state index contributed by atoms with van der Waals surface area (Å²) in [6.07, 6.45) is 5.27. The first-order chi connectivity index (χ1) is 11.6. The van der Waals surface area contributed by atoms with E-state index in [1.54, 1.807) is 19.0 Å². The highest BCUT2D eigenvalue weighted by Gasteiger charge is 2.26. The van der Waals surface area contributed by atoms with Crippen molar-refractivity contribution in [2.45, 2.75) is 45.0 Å². The third-order valence-electron chi connectivity index (χ3n) is 4.90. The summed E-state index contributed by atoms with van der Waals surface area (Å²) in [7, 11) is 3.47. The van der Waals surface area contributed by atoms with Gasteiger partial charge in [-0.3, -0.25) is 9.69 Å². The fraction of sp³-hybridized carbons (Fsp3) is 0.765. The number of aromatic nitrogens is 2. The van der Waals surface area contributed by atoms with Gasteiger partial charge in [0.2, 0.25) is 5.91 Å². The third-order valence-corrected chi connectivity index (χ3v) is 4.90. The zero-order chi connectivity index (χ0) is 16.9. The van der Waals surface area contributed by atoms with Gasteiger partial charge in [0.15, 0.2) is 0 Å². The first-order valence-corrected chi connectivity index (χ1v) is 8.77. The molecule has 0 radical (unpaired) electrons. The molecule has 7 heteroatoms. The Morgan fingerprint density at radius 2 is 2.17 bits per heavy atom. The normalized spacial score (nSPS) is 19.8. The summed E-state index contributed by atoms with van der Waals surface area (Å²) >= 11 is 0. The molecule has 24 heavy (non-hydrogen) atoms. The number of imidazole rings is 1. The second-order valence-electron chi connectivity index (χ2n) is 6.78. The maximum absolute atomic E-state index is 11.6. The second kappa shape index (κ2) is 8.09. The summed E-state index contributed by atoms with van der Waals surface area (Å²) in [5.41, 5.74) is 2.19. The van der Waals surface area contributed by atoms with Crippen molar-refractivity contribution in [2.24, 2.45) is 0 Å². The van der Waals surface area contributed by atoms with E-state index < -0.39 is 0 Å². The number of rotatable bonds is 5. The van der Waals surface area contributed by atoms with Gasteiger partial charge in [0.1, 0.15) is 6.61 Å². The van der Waals surface area contributed by atoms with Crippen LogP contribution in [0.4, 0.5) is 0 Å². The Morgan fingerprint density at radius 1 is 1.38 bits per heavy atom. The van der Waals surface area contributed by atoms with Crippen molar-refractivity contribution >= 4 is 5.91 Å². The number of carbonyl (C=O) groups excluding carboxylic acids is 1. The van der Waals surface area contributed by atoms with Gasteiger partial charge < -0.3 is 18.9 Å². The summed E-state index contributed by atoms with van der Waals surface area (Å²) in [4.78, 5) is 20.3. The minimum atomic E-state index is -0.0240. The molecule has 3 heterocycles. The van der Waals surface area contributed by atoms with Crippen LogP contribution in [0.2, 0.25) is 0 Å². The Morgan fingerprint density at radius 3 is 2.92 bits per heavy atom. The molecule has 0 spiro atoms. The summed E-state index contributed by atoms with van der Waals surface area (Å²) < 4.78 is 13.3. The molecule has 3 rings (SSSR count). The van der Waals surface area contributed by atoms with Crippen LogP contribution in [0.5, 0.6) is 0 Å². The van der Waals surface area contributed by atoms with Gasteiger partial charge in [-0.25, -0.2) is 4.98 Å². The lowest BCUT2D eigenvalue weighted by atomic mass is 10.1. The molecule has 134 valence electrons. The Kier molecular flexibility index (Phi) is 5.86. The molecule has 0 aromatic carbocycles. The van der Waals surface area contributed by atoms with Crippen molar-refractivity contribution in [2.75, 3.05) is 40.5 Å². The number of amides is 1. The predicted molar refractivity (Wildman–Crippen MR) is 89.4 cm³/mol. The van der Waals surface area contributed by atoms with Crippen molar-refractivity contribution in [3.63, 3.8) is 0 Å². The molecule has 0 N–H and O–H groups in total. The predicted octanol–water partition coefficient (Wildman–Crippen LogP) is 0.873. The molecular formula is C17H28N4O3. The lowest BCUT2D eigenvalue weighted by Crippen LogP contribution is -2.39. The monoisotopic (exact) mass is 336 g/mol. The number of fused-ring (bicyclic) bond motifs is 1. The highest BCUT2D eigenvalue weighted by atomic mass is 16.5. The molecule has 0 saturated carbocycles. The first-order valence-electron chi connectivity index (χ1n) is 8.77. The molecule has 1 aromatic rings. The van der Waals surface area contributed by atoms with E-state index >= 15 is 0 Å². The van der Waals surface area contributed by atoms with E-state index in [1.807, 2.05) is 6.33 Å². The summed E-state index contributed by atoms with van der Waals surface area (Å²) in [6.45, 7) is 5.24. The van der Waals surface area contributed by atoms with Gasteiger partial charge in [0, 0.05) is 53.0 Å². The molecule has 0 aliphatic carbocycles. The molecule has 1 saturated heterocycles. The molecular weight excluding hydrogens is 308 g/mol. The van der Waals surface area contributed by atoms with Crippen molar-refractivity contribution in [3.8, 4) is 0 Å². The number of nitrogens with zero attached hydrogens (tertiary/aromatic N) is 4. The van der Waals surface area contributed by atoms with Crippen LogP contribution in [0.15, 0.2) is 6.33 Å². The van der Waals surface area contributed by atoms with Gasteiger partial charge in [-0.15, -0.1) is 0 Å². The van der Waals surface area contributed by atoms with E-state index in [0.29, 0.717) is 12.6 Å². The Balaban J connectivity index is 1.62. The van der Waals surface area contributed by atoms with E-state index in [9.17, 15) is 4.79 Å². The lowest BCUT2D eigenvalue weighted by Gasteiger charge is -2.33. The second-order valence-corrected chi connectivity index (χ2v) is 6.78. The van der Waals surface area contributed by atoms with E-state index in [1.165, 1.54) is 5.69 Å². The summed E-state index contributed by atoms with van der Waals surface area (Å²) in [6, 6.07) is 0.601. The van der Waals surface area contributed by atoms with Gasteiger partial charge in [-0.2, -0.15) is 0 Å². The molecule has 2 aliphatic rings. The molecule has 0 atom stereocenters. The van der Waals surface area contributed by atoms with E-state index in [-0.39, 0.29) is 12.5 Å². The molecule has 2 aliphatic heterocycles. The molecule has 1 amide bonds. The zero-order valence-corrected chi connectivity index (χ0v) is 14.7. The van der Waals surface area contributed by atoms with Crippen LogP contribution < -0.4 is 0 Å². The van der Waals surface area contributed by atoms with Crippen molar-refractivity contribution in [1.82, 2.24) is 19.4 Å². The molecule has 1 aromatic heterocycles. The van der Waals surface area contributed by atoms with Gasteiger partial charge in [-0.05, 0) is 19.3 Å². The topological polar surface area (TPSA) is 59.8 Å². The average molecular weight is 336 g/mol. The number of likely N-dealkylation sites (N-methyl/N-ethyl adjacent to an activating group) is 1.